The second kappa shape index (κ2) is 5.84. The number of ether oxygens (including phenoxy) is 1. The Bertz CT molecular complexity index is 539. The van der Waals surface area contributed by atoms with Crippen LogP contribution in [0.1, 0.15) is 32.2 Å². The fourth-order valence-corrected chi connectivity index (χ4v) is 1.75. The summed E-state index contributed by atoms with van der Waals surface area (Å²) in [4.78, 5) is 4.37. The van der Waals surface area contributed by atoms with Gasteiger partial charge in [0.15, 0.2) is 0 Å². The summed E-state index contributed by atoms with van der Waals surface area (Å²) in [6, 6.07) is 7.31. The standard InChI is InChI=1S/C14H19N3O2/c1-4-9(2)12(15)14-16-13(17-19-14)10-6-5-7-11(8-10)18-3/h5-9,12H,4,15H2,1-3H3/t9-,12-/m0/s1. The molecule has 2 rings (SSSR count). The molecule has 102 valence electrons. The molecule has 0 aliphatic heterocycles. The SMILES string of the molecule is CC[C@H](C)[C@H](N)c1nc(-c2cccc(OC)c2)no1. The number of aromatic nitrogens is 2. The third-order valence-corrected chi connectivity index (χ3v) is 3.31. The maximum Gasteiger partial charge on any atom is 0.244 e. The second-order valence-electron chi connectivity index (χ2n) is 4.60. The lowest BCUT2D eigenvalue weighted by Gasteiger charge is -2.12. The van der Waals surface area contributed by atoms with Crippen LogP contribution in [0, 0.1) is 5.92 Å². The first-order valence-corrected chi connectivity index (χ1v) is 6.39. The Morgan fingerprint density at radius 1 is 1.42 bits per heavy atom. The van der Waals surface area contributed by atoms with Gasteiger partial charge in [0, 0.05) is 5.56 Å². The number of benzene rings is 1. The molecule has 1 aromatic heterocycles. The smallest absolute Gasteiger partial charge is 0.244 e. The third-order valence-electron chi connectivity index (χ3n) is 3.31. The highest BCUT2D eigenvalue weighted by atomic mass is 16.5. The zero-order valence-electron chi connectivity index (χ0n) is 11.5. The molecule has 19 heavy (non-hydrogen) atoms. The maximum absolute atomic E-state index is 6.08. The molecule has 0 aliphatic rings. The van der Waals surface area contributed by atoms with E-state index in [-0.39, 0.29) is 6.04 Å². The van der Waals surface area contributed by atoms with Crippen LogP contribution < -0.4 is 10.5 Å². The van der Waals surface area contributed by atoms with Crippen LogP contribution in [0.3, 0.4) is 0 Å². The fourth-order valence-electron chi connectivity index (χ4n) is 1.75. The van der Waals surface area contributed by atoms with Gasteiger partial charge in [0.25, 0.3) is 0 Å². The van der Waals surface area contributed by atoms with E-state index in [9.17, 15) is 0 Å². The highest BCUT2D eigenvalue weighted by molar-refractivity contribution is 5.56. The average Bonchev–Trinajstić information content (AvgIpc) is 2.95. The van der Waals surface area contributed by atoms with Gasteiger partial charge in [0.05, 0.1) is 13.2 Å². The molecule has 0 unspecified atom stereocenters. The first kappa shape index (κ1) is 13.5. The molecule has 1 aromatic carbocycles. The number of hydrogen-bond donors (Lipinski definition) is 1. The van der Waals surface area contributed by atoms with E-state index in [0.29, 0.717) is 17.6 Å². The molecule has 2 aromatic rings. The summed E-state index contributed by atoms with van der Waals surface area (Å²) in [6.07, 6.45) is 0.970. The van der Waals surface area contributed by atoms with Crippen LogP contribution in [0.15, 0.2) is 28.8 Å². The van der Waals surface area contributed by atoms with Gasteiger partial charge in [-0.15, -0.1) is 0 Å². The lowest BCUT2D eigenvalue weighted by molar-refractivity contribution is 0.312. The van der Waals surface area contributed by atoms with Crippen molar-refractivity contribution in [1.29, 1.82) is 0 Å². The summed E-state index contributed by atoms with van der Waals surface area (Å²) >= 11 is 0. The largest absolute Gasteiger partial charge is 0.497 e. The minimum Gasteiger partial charge on any atom is -0.497 e. The van der Waals surface area contributed by atoms with Gasteiger partial charge in [-0.3, -0.25) is 0 Å². The van der Waals surface area contributed by atoms with Gasteiger partial charge in [-0.1, -0.05) is 37.6 Å². The molecular formula is C14H19N3O2. The van der Waals surface area contributed by atoms with Crippen LogP contribution in [0.5, 0.6) is 5.75 Å². The van der Waals surface area contributed by atoms with Gasteiger partial charge in [0.2, 0.25) is 11.7 Å². The molecule has 0 saturated carbocycles. The molecule has 0 spiro atoms. The summed E-state index contributed by atoms with van der Waals surface area (Å²) < 4.78 is 10.4. The van der Waals surface area contributed by atoms with Crippen LogP contribution in [-0.2, 0) is 0 Å². The summed E-state index contributed by atoms with van der Waals surface area (Å²) in [5.41, 5.74) is 6.93. The highest BCUT2D eigenvalue weighted by Gasteiger charge is 2.20. The van der Waals surface area contributed by atoms with E-state index in [1.807, 2.05) is 24.3 Å². The zero-order chi connectivity index (χ0) is 13.8. The molecular weight excluding hydrogens is 242 g/mol. The second-order valence-corrected chi connectivity index (χ2v) is 4.60. The molecule has 2 N–H and O–H groups in total. The quantitative estimate of drug-likeness (QED) is 0.895. The number of nitrogens with zero attached hydrogens (tertiary/aromatic N) is 2. The third kappa shape index (κ3) is 2.93. The van der Waals surface area contributed by atoms with Crippen LogP contribution in [-0.4, -0.2) is 17.3 Å². The summed E-state index contributed by atoms with van der Waals surface area (Å²) in [5.74, 6) is 2.08. The van der Waals surface area contributed by atoms with E-state index >= 15 is 0 Å². The van der Waals surface area contributed by atoms with Gasteiger partial charge in [-0.2, -0.15) is 4.98 Å². The van der Waals surface area contributed by atoms with Crippen molar-refractivity contribution in [2.45, 2.75) is 26.3 Å². The van der Waals surface area contributed by atoms with E-state index in [0.717, 1.165) is 17.7 Å². The van der Waals surface area contributed by atoms with Crippen LogP contribution in [0.4, 0.5) is 0 Å². The first-order valence-electron chi connectivity index (χ1n) is 6.39. The predicted molar refractivity (Wildman–Crippen MR) is 72.7 cm³/mol. The Morgan fingerprint density at radius 2 is 2.21 bits per heavy atom. The first-order chi connectivity index (χ1) is 9.15. The van der Waals surface area contributed by atoms with E-state index in [2.05, 4.69) is 24.0 Å². The number of methoxy groups -OCH3 is 1. The Hall–Kier alpha value is -1.88. The molecule has 0 amide bonds. The van der Waals surface area contributed by atoms with Crippen LogP contribution in [0.25, 0.3) is 11.4 Å². The molecule has 0 bridgehead atoms. The van der Waals surface area contributed by atoms with Gasteiger partial charge in [0.1, 0.15) is 5.75 Å². The van der Waals surface area contributed by atoms with Crippen LogP contribution in [0.2, 0.25) is 0 Å². The molecule has 2 atom stereocenters. The van der Waals surface area contributed by atoms with Crippen molar-refractivity contribution in [2.24, 2.45) is 11.7 Å². The van der Waals surface area contributed by atoms with Gasteiger partial charge >= 0.3 is 0 Å². The van der Waals surface area contributed by atoms with Gasteiger partial charge < -0.3 is 15.0 Å². The Balaban J connectivity index is 2.25. The lowest BCUT2D eigenvalue weighted by Crippen LogP contribution is -2.18. The van der Waals surface area contributed by atoms with Crippen molar-refractivity contribution >= 4 is 0 Å². The highest BCUT2D eigenvalue weighted by Crippen LogP contribution is 2.25. The number of hydrogen-bond acceptors (Lipinski definition) is 5. The maximum atomic E-state index is 6.08. The van der Waals surface area contributed by atoms with Crippen molar-refractivity contribution in [3.8, 4) is 17.1 Å². The van der Waals surface area contributed by atoms with Crippen molar-refractivity contribution < 1.29 is 9.26 Å². The number of rotatable bonds is 5. The molecule has 0 radical (unpaired) electrons. The Kier molecular flexibility index (Phi) is 4.16. The monoisotopic (exact) mass is 261 g/mol. The van der Waals surface area contributed by atoms with Gasteiger partial charge in [-0.05, 0) is 18.1 Å². The lowest BCUT2D eigenvalue weighted by atomic mass is 10.0. The minimum atomic E-state index is -0.225. The molecule has 0 aliphatic carbocycles. The molecule has 1 heterocycles. The van der Waals surface area contributed by atoms with Crippen molar-refractivity contribution in [3.63, 3.8) is 0 Å². The summed E-state index contributed by atoms with van der Waals surface area (Å²) in [6.45, 7) is 4.16. The molecule has 5 heteroatoms. The predicted octanol–water partition coefficient (Wildman–Crippen LogP) is 2.79. The Labute approximate surface area is 112 Å². The van der Waals surface area contributed by atoms with E-state index in [1.54, 1.807) is 7.11 Å². The van der Waals surface area contributed by atoms with E-state index < -0.39 is 0 Å². The van der Waals surface area contributed by atoms with E-state index in [1.165, 1.54) is 0 Å². The normalized spacial score (nSPS) is 14.1. The summed E-state index contributed by atoms with van der Waals surface area (Å²) in [7, 11) is 1.62. The Morgan fingerprint density at radius 3 is 2.89 bits per heavy atom. The topological polar surface area (TPSA) is 74.2 Å². The van der Waals surface area contributed by atoms with Crippen molar-refractivity contribution in [1.82, 2.24) is 10.1 Å². The minimum absolute atomic E-state index is 0.225. The number of nitrogens with two attached hydrogens (primary N) is 1. The molecule has 5 nitrogen and oxygen atoms in total. The van der Waals surface area contributed by atoms with Crippen LogP contribution >= 0.6 is 0 Å². The molecule has 0 fully saturated rings. The van der Waals surface area contributed by atoms with E-state index in [4.69, 9.17) is 15.0 Å². The molecule has 0 saturated heterocycles. The fraction of sp³-hybridized carbons (Fsp3) is 0.429. The van der Waals surface area contributed by atoms with Crippen molar-refractivity contribution in [2.75, 3.05) is 7.11 Å². The zero-order valence-corrected chi connectivity index (χ0v) is 11.5. The summed E-state index contributed by atoms with van der Waals surface area (Å²) in [5, 5.41) is 3.98. The van der Waals surface area contributed by atoms with Gasteiger partial charge in [-0.25, -0.2) is 0 Å². The van der Waals surface area contributed by atoms with Crippen molar-refractivity contribution in [3.05, 3.63) is 30.2 Å². The average molecular weight is 261 g/mol.